The van der Waals surface area contributed by atoms with E-state index in [1.807, 2.05) is 35.2 Å². The number of aromatic nitrogens is 4. The number of rotatable bonds is 4. The van der Waals surface area contributed by atoms with E-state index in [2.05, 4.69) is 58.5 Å². The Balaban J connectivity index is 1.73. The van der Waals surface area contributed by atoms with Gasteiger partial charge in [-0.2, -0.15) is 0 Å². The average Bonchev–Trinajstić information content (AvgIpc) is 3.02. The van der Waals surface area contributed by atoms with E-state index in [1.54, 1.807) is 0 Å². The Bertz CT molecular complexity index is 1000. The maximum absolute atomic E-state index is 4.54. The molecule has 0 atom stereocenters. The number of benzene rings is 1. The summed E-state index contributed by atoms with van der Waals surface area (Å²) in [5.74, 6) is 1.21. The van der Waals surface area contributed by atoms with Gasteiger partial charge in [0.1, 0.15) is 0 Å². The van der Waals surface area contributed by atoms with Crippen molar-refractivity contribution in [2.45, 2.75) is 13.8 Å². The van der Waals surface area contributed by atoms with Crippen molar-refractivity contribution in [3.8, 4) is 11.1 Å². The topological polar surface area (TPSA) is 55.1 Å². The Morgan fingerprint density at radius 3 is 2.92 bits per heavy atom. The Kier molecular flexibility index (Phi) is 3.61. The first-order valence-corrected chi connectivity index (χ1v) is 8.14. The lowest BCUT2D eigenvalue weighted by Crippen LogP contribution is -2.11. The minimum absolute atomic E-state index is 0.552. The van der Waals surface area contributed by atoms with E-state index in [9.17, 15) is 0 Å². The van der Waals surface area contributed by atoms with Crippen LogP contribution in [0.5, 0.6) is 0 Å². The number of anilines is 1. The minimum Gasteiger partial charge on any atom is -0.353 e. The fraction of sp³-hybridized carbons (Fsp3) is 0.211. The van der Waals surface area contributed by atoms with E-state index in [1.165, 1.54) is 0 Å². The quantitative estimate of drug-likeness (QED) is 0.618. The van der Waals surface area contributed by atoms with Crippen molar-refractivity contribution in [2.75, 3.05) is 11.9 Å². The molecule has 0 spiro atoms. The van der Waals surface area contributed by atoms with Crippen LogP contribution < -0.4 is 5.32 Å². The number of hydrogen-bond donors (Lipinski definition) is 1. The van der Waals surface area contributed by atoms with Gasteiger partial charge in [-0.3, -0.25) is 4.98 Å². The van der Waals surface area contributed by atoms with Crippen molar-refractivity contribution in [3.63, 3.8) is 0 Å². The van der Waals surface area contributed by atoms with Crippen molar-refractivity contribution < 1.29 is 0 Å². The first-order valence-electron chi connectivity index (χ1n) is 8.14. The molecule has 0 saturated carbocycles. The summed E-state index contributed by atoms with van der Waals surface area (Å²) >= 11 is 0. The van der Waals surface area contributed by atoms with Crippen LogP contribution >= 0.6 is 0 Å². The molecule has 4 aromatic rings. The summed E-state index contributed by atoms with van der Waals surface area (Å²) in [6, 6.07) is 12.4. The largest absolute Gasteiger partial charge is 0.353 e. The Morgan fingerprint density at radius 2 is 2.04 bits per heavy atom. The summed E-state index contributed by atoms with van der Waals surface area (Å²) in [5, 5.41) is 8.93. The molecule has 4 rings (SSSR count). The predicted octanol–water partition coefficient (Wildman–Crippen LogP) is 4.01. The molecule has 0 unspecified atom stereocenters. The zero-order valence-electron chi connectivity index (χ0n) is 13.8. The van der Waals surface area contributed by atoms with Crippen LogP contribution in [0.3, 0.4) is 0 Å². The number of nitrogens with one attached hydrogen (secondary N) is 1. The Morgan fingerprint density at radius 1 is 1.12 bits per heavy atom. The first-order chi connectivity index (χ1) is 11.7. The van der Waals surface area contributed by atoms with E-state index < -0.39 is 0 Å². The lowest BCUT2D eigenvalue weighted by molar-refractivity contribution is 0.681. The van der Waals surface area contributed by atoms with Crippen LogP contribution in [0.2, 0.25) is 0 Å². The third kappa shape index (κ3) is 2.69. The van der Waals surface area contributed by atoms with Crippen molar-refractivity contribution in [3.05, 3.63) is 55.0 Å². The smallest absolute Gasteiger partial charge is 0.241 e. The van der Waals surface area contributed by atoms with E-state index in [-0.39, 0.29) is 0 Å². The molecule has 1 N–H and O–H groups in total. The van der Waals surface area contributed by atoms with Crippen LogP contribution in [0.25, 0.3) is 27.5 Å². The van der Waals surface area contributed by atoms with Gasteiger partial charge >= 0.3 is 0 Å². The van der Waals surface area contributed by atoms with Gasteiger partial charge in [-0.25, -0.2) is 9.50 Å². The fourth-order valence-corrected chi connectivity index (χ4v) is 2.76. The molecule has 1 aromatic carbocycles. The molecule has 5 heteroatoms. The summed E-state index contributed by atoms with van der Waals surface area (Å²) in [6.07, 6.45) is 5.66. The average molecular weight is 317 g/mol. The van der Waals surface area contributed by atoms with Gasteiger partial charge in [0.25, 0.3) is 0 Å². The number of hydrogen-bond acceptors (Lipinski definition) is 4. The maximum atomic E-state index is 4.54. The molecule has 0 aliphatic heterocycles. The monoisotopic (exact) mass is 317 g/mol. The Hall–Kier alpha value is -2.95. The molecule has 3 aromatic heterocycles. The van der Waals surface area contributed by atoms with E-state index in [0.717, 1.165) is 34.1 Å². The second kappa shape index (κ2) is 5.92. The highest BCUT2D eigenvalue weighted by molar-refractivity contribution is 5.88. The zero-order chi connectivity index (χ0) is 16.5. The van der Waals surface area contributed by atoms with Gasteiger partial charge in [0.15, 0.2) is 0 Å². The lowest BCUT2D eigenvalue weighted by Gasteiger charge is -2.07. The second-order valence-electron chi connectivity index (χ2n) is 6.33. The molecule has 24 heavy (non-hydrogen) atoms. The SMILES string of the molecule is CC(C)CNc1ncc2c(-c3ccc4ncccc4c3)ccn2n1. The van der Waals surface area contributed by atoms with Crippen molar-refractivity contribution in [1.29, 1.82) is 0 Å². The number of nitrogens with zero attached hydrogens (tertiary/aromatic N) is 4. The van der Waals surface area contributed by atoms with Gasteiger partial charge in [-0.05, 0) is 35.7 Å². The summed E-state index contributed by atoms with van der Waals surface area (Å²) in [4.78, 5) is 8.82. The van der Waals surface area contributed by atoms with Gasteiger partial charge in [-0.1, -0.05) is 26.0 Å². The molecule has 0 amide bonds. The molecule has 0 bridgehead atoms. The third-order valence-electron chi connectivity index (χ3n) is 4.00. The normalized spacial score (nSPS) is 11.5. The second-order valence-corrected chi connectivity index (χ2v) is 6.33. The molecule has 0 fully saturated rings. The van der Waals surface area contributed by atoms with Crippen molar-refractivity contribution in [1.82, 2.24) is 19.6 Å². The van der Waals surface area contributed by atoms with Crippen LogP contribution in [-0.4, -0.2) is 26.1 Å². The predicted molar refractivity (Wildman–Crippen MR) is 97.1 cm³/mol. The van der Waals surface area contributed by atoms with Crippen molar-refractivity contribution >= 4 is 22.4 Å². The number of fused-ring (bicyclic) bond motifs is 2. The first kappa shape index (κ1) is 14.6. The molecule has 0 radical (unpaired) electrons. The molecule has 0 saturated heterocycles. The third-order valence-corrected chi connectivity index (χ3v) is 4.00. The minimum atomic E-state index is 0.552. The lowest BCUT2D eigenvalue weighted by atomic mass is 10.0. The molecule has 120 valence electrons. The molecular formula is C19H19N5. The molecule has 3 heterocycles. The Labute approximate surface area is 140 Å². The summed E-state index contributed by atoms with van der Waals surface area (Å²) in [6.45, 7) is 5.18. The summed E-state index contributed by atoms with van der Waals surface area (Å²) < 4.78 is 1.87. The number of pyridine rings is 1. The van der Waals surface area contributed by atoms with E-state index in [4.69, 9.17) is 0 Å². The van der Waals surface area contributed by atoms with Gasteiger partial charge in [-0.15, -0.1) is 5.10 Å². The van der Waals surface area contributed by atoms with Gasteiger partial charge in [0.05, 0.1) is 17.2 Å². The highest BCUT2D eigenvalue weighted by atomic mass is 15.3. The highest BCUT2D eigenvalue weighted by Crippen LogP contribution is 2.27. The molecule has 0 aliphatic carbocycles. The van der Waals surface area contributed by atoms with Crippen molar-refractivity contribution in [2.24, 2.45) is 5.92 Å². The highest BCUT2D eigenvalue weighted by Gasteiger charge is 2.09. The van der Waals surface area contributed by atoms with Crippen LogP contribution in [0, 0.1) is 5.92 Å². The van der Waals surface area contributed by atoms with E-state index >= 15 is 0 Å². The van der Waals surface area contributed by atoms with Crippen LogP contribution in [0.1, 0.15) is 13.8 Å². The van der Waals surface area contributed by atoms with Gasteiger partial charge in [0.2, 0.25) is 5.95 Å². The van der Waals surface area contributed by atoms with E-state index in [0.29, 0.717) is 11.9 Å². The van der Waals surface area contributed by atoms with Gasteiger partial charge < -0.3 is 5.32 Å². The van der Waals surface area contributed by atoms with Crippen LogP contribution in [0.4, 0.5) is 5.95 Å². The molecule has 0 aliphatic rings. The maximum Gasteiger partial charge on any atom is 0.241 e. The summed E-state index contributed by atoms with van der Waals surface area (Å²) in [5.41, 5.74) is 4.26. The fourth-order valence-electron chi connectivity index (χ4n) is 2.76. The summed E-state index contributed by atoms with van der Waals surface area (Å²) in [7, 11) is 0. The van der Waals surface area contributed by atoms with Gasteiger partial charge in [0, 0.05) is 29.9 Å². The molecule has 5 nitrogen and oxygen atoms in total. The molecular weight excluding hydrogens is 298 g/mol. The standard InChI is InChI=1S/C19H19N5/c1-13(2)11-21-19-22-12-18-16(7-9-24(18)23-19)14-5-6-17-15(10-14)4-3-8-20-17/h3-10,12-13H,11H2,1-2H3,(H,21,23). The van der Waals surface area contributed by atoms with Crippen LogP contribution in [0.15, 0.2) is 55.0 Å². The van der Waals surface area contributed by atoms with Crippen LogP contribution in [-0.2, 0) is 0 Å². The zero-order valence-corrected chi connectivity index (χ0v) is 13.8.